The molecule has 0 unspecified atom stereocenters. The fraction of sp³-hybridized carbons (Fsp3) is 0.474. The molecule has 0 bridgehead atoms. The van der Waals surface area contributed by atoms with Crippen LogP contribution in [0.4, 0.5) is 0 Å². The van der Waals surface area contributed by atoms with Crippen molar-refractivity contribution in [2.45, 2.75) is 51.7 Å². The van der Waals surface area contributed by atoms with Gasteiger partial charge in [0.15, 0.2) is 0 Å². The second-order valence-electron chi connectivity index (χ2n) is 6.48. The van der Waals surface area contributed by atoms with E-state index in [4.69, 9.17) is 11.6 Å². The van der Waals surface area contributed by atoms with Gasteiger partial charge in [0.05, 0.1) is 23.2 Å². The summed E-state index contributed by atoms with van der Waals surface area (Å²) in [5.74, 6) is -0.0405. The number of carbonyl (C=O) groups is 1. The number of hydrogen-bond donors (Lipinski definition) is 1. The Hall–Kier alpha value is -1.65. The van der Waals surface area contributed by atoms with Crippen molar-refractivity contribution in [2.75, 3.05) is 6.54 Å². The molecule has 0 aliphatic heterocycles. The SMILES string of the molecule is CCN(C(=O)c1cc(C)nc2cc(Cl)ccc12)[C@@H]1CCCC[C@H]1O. The number of aliphatic hydroxyl groups excluding tert-OH is 1. The van der Waals surface area contributed by atoms with Gasteiger partial charge in [0.2, 0.25) is 0 Å². The third-order valence-electron chi connectivity index (χ3n) is 4.83. The Morgan fingerprint density at radius 1 is 1.33 bits per heavy atom. The molecule has 1 aliphatic rings. The molecule has 4 nitrogen and oxygen atoms in total. The van der Waals surface area contributed by atoms with Gasteiger partial charge in [0.25, 0.3) is 5.91 Å². The highest BCUT2D eigenvalue weighted by Crippen LogP contribution is 2.27. The van der Waals surface area contributed by atoms with E-state index < -0.39 is 6.10 Å². The summed E-state index contributed by atoms with van der Waals surface area (Å²) in [6.45, 7) is 4.42. The second kappa shape index (κ2) is 7.08. The minimum absolute atomic E-state index is 0.0405. The molecule has 1 amide bonds. The van der Waals surface area contributed by atoms with Gasteiger partial charge in [-0.2, -0.15) is 0 Å². The van der Waals surface area contributed by atoms with E-state index in [2.05, 4.69) is 4.98 Å². The number of rotatable bonds is 3. The number of pyridine rings is 1. The molecule has 1 aromatic carbocycles. The smallest absolute Gasteiger partial charge is 0.254 e. The molecule has 1 aromatic heterocycles. The van der Waals surface area contributed by atoms with E-state index in [0.717, 1.165) is 42.3 Å². The topological polar surface area (TPSA) is 53.4 Å². The molecular formula is C19H23ClN2O2. The molecule has 2 aromatic rings. The van der Waals surface area contributed by atoms with E-state index in [0.29, 0.717) is 17.1 Å². The molecule has 1 heterocycles. The first kappa shape index (κ1) is 17.2. The molecule has 5 heteroatoms. The van der Waals surface area contributed by atoms with Crippen molar-refractivity contribution in [1.29, 1.82) is 0 Å². The normalized spacial score (nSPS) is 21.0. The first-order valence-corrected chi connectivity index (χ1v) is 8.95. The number of amides is 1. The van der Waals surface area contributed by atoms with Crippen LogP contribution in [0.2, 0.25) is 5.02 Å². The molecule has 3 rings (SSSR count). The highest BCUT2D eigenvalue weighted by atomic mass is 35.5. The highest BCUT2D eigenvalue weighted by Gasteiger charge is 2.32. The fourth-order valence-corrected chi connectivity index (χ4v) is 3.82. The maximum absolute atomic E-state index is 13.2. The lowest BCUT2D eigenvalue weighted by Gasteiger charge is -2.37. The molecule has 24 heavy (non-hydrogen) atoms. The van der Waals surface area contributed by atoms with Crippen molar-refractivity contribution in [3.63, 3.8) is 0 Å². The lowest BCUT2D eigenvalue weighted by Crippen LogP contribution is -2.48. The second-order valence-corrected chi connectivity index (χ2v) is 6.92. The van der Waals surface area contributed by atoms with Crippen LogP contribution < -0.4 is 0 Å². The lowest BCUT2D eigenvalue weighted by atomic mass is 9.90. The Kier molecular flexibility index (Phi) is 5.07. The highest BCUT2D eigenvalue weighted by molar-refractivity contribution is 6.31. The van der Waals surface area contributed by atoms with Crippen molar-refractivity contribution in [3.05, 3.63) is 40.5 Å². The summed E-state index contributed by atoms with van der Waals surface area (Å²) < 4.78 is 0. The van der Waals surface area contributed by atoms with Crippen LogP contribution in [0.5, 0.6) is 0 Å². The van der Waals surface area contributed by atoms with Gasteiger partial charge >= 0.3 is 0 Å². The van der Waals surface area contributed by atoms with E-state index in [-0.39, 0.29) is 11.9 Å². The van der Waals surface area contributed by atoms with E-state index >= 15 is 0 Å². The van der Waals surface area contributed by atoms with Gasteiger partial charge in [0.1, 0.15) is 0 Å². The summed E-state index contributed by atoms with van der Waals surface area (Å²) in [5, 5.41) is 11.8. The van der Waals surface area contributed by atoms with Crippen molar-refractivity contribution < 1.29 is 9.90 Å². The van der Waals surface area contributed by atoms with Gasteiger partial charge in [0, 0.05) is 22.6 Å². The molecule has 1 fully saturated rings. The van der Waals surface area contributed by atoms with Crippen molar-refractivity contribution in [1.82, 2.24) is 9.88 Å². The van der Waals surface area contributed by atoms with Gasteiger partial charge in [-0.15, -0.1) is 0 Å². The predicted octanol–water partition coefficient (Wildman–Crippen LogP) is 3.96. The average Bonchev–Trinajstić information content (AvgIpc) is 2.55. The number of hydrogen-bond acceptors (Lipinski definition) is 3. The van der Waals surface area contributed by atoms with Gasteiger partial charge in [-0.25, -0.2) is 0 Å². The van der Waals surface area contributed by atoms with Gasteiger partial charge in [-0.3, -0.25) is 9.78 Å². The molecule has 0 radical (unpaired) electrons. The first-order valence-electron chi connectivity index (χ1n) is 8.57. The van der Waals surface area contributed by atoms with E-state index in [1.807, 2.05) is 30.9 Å². The van der Waals surface area contributed by atoms with Gasteiger partial charge < -0.3 is 10.0 Å². The summed E-state index contributed by atoms with van der Waals surface area (Å²) in [7, 11) is 0. The zero-order valence-corrected chi connectivity index (χ0v) is 14.9. The number of aryl methyl sites for hydroxylation is 1. The molecule has 0 spiro atoms. The molecule has 2 atom stereocenters. The number of carbonyl (C=O) groups excluding carboxylic acids is 1. The molecular weight excluding hydrogens is 324 g/mol. The Balaban J connectivity index is 2.03. The third kappa shape index (κ3) is 3.26. The van der Waals surface area contributed by atoms with E-state index in [1.54, 1.807) is 12.1 Å². The molecule has 0 saturated heterocycles. The minimum Gasteiger partial charge on any atom is -0.391 e. The lowest BCUT2D eigenvalue weighted by molar-refractivity contribution is 0.0197. The Labute approximate surface area is 147 Å². The van der Waals surface area contributed by atoms with Crippen LogP contribution in [0.25, 0.3) is 10.9 Å². The molecule has 128 valence electrons. The maximum atomic E-state index is 13.2. The first-order chi connectivity index (χ1) is 11.5. The fourth-order valence-electron chi connectivity index (χ4n) is 3.65. The number of likely N-dealkylation sites (N-methyl/N-ethyl adjacent to an activating group) is 1. The summed E-state index contributed by atoms with van der Waals surface area (Å²) >= 11 is 6.07. The summed E-state index contributed by atoms with van der Waals surface area (Å²) in [5.41, 5.74) is 2.15. The van der Waals surface area contributed by atoms with Crippen LogP contribution in [0.1, 0.15) is 48.7 Å². The zero-order chi connectivity index (χ0) is 17.3. The van der Waals surface area contributed by atoms with Gasteiger partial charge in [-0.1, -0.05) is 30.5 Å². The number of aliphatic hydroxyl groups is 1. The van der Waals surface area contributed by atoms with Crippen LogP contribution in [0.3, 0.4) is 0 Å². The van der Waals surface area contributed by atoms with Crippen LogP contribution in [-0.2, 0) is 0 Å². The van der Waals surface area contributed by atoms with Gasteiger partial charge in [-0.05, 0) is 44.9 Å². The van der Waals surface area contributed by atoms with Crippen LogP contribution in [-0.4, -0.2) is 39.6 Å². The summed E-state index contributed by atoms with van der Waals surface area (Å²) in [6.07, 6.45) is 3.26. The minimum atomic E-state index is -0.439. The molecule has 1 aliphatic carbocycles. The summed E-state index contributed by atoms with van der Waals surface area (Å²) in [6, 6.07) is 7.14. The Bertz CT molecular complexity index is 757. The average molecular weight is 347 g/mol. The van der Waals surface area contributed by atoms with Crippen LogP contribution in [0, 0.1) is 6.92 Å². The number of nitrogens with zero attached hydrogens (tertiary/aromatic N) is 2. The maximum Gasteiger partial charge on any atom is 0.254 e. The monoisotopic (exact) mass is 346 g/mol. The number of aromatic nitrogens is 1. The van der Waals surface area contributed by atoms with Crippen LogP contribution >= 0.6 is 11.6 Å². The third-order valence-corrected chi connectivity index (χ3v) is 5.06. The van der Waals surface area contributed by atoms with E-state index in [1.165, 1.54) is 0 Å². The largest absolute Gasteiger partial charge is 0.391 e. The quantitative estimate of drug-likeness (QED) is 0.915. The number of benzene rings is 1. The number of halogens is 1. The zero-order valence-electron chi connectivity index (χ0n) is 14.1. The van der Waals surface area contributed by atoms with Crippen molar-refractivity contribution in [2.24, 2.45) is 0 Å². The van der Waals surface area contributed by atoms with E-state index in [9.17, 15) is 9.90 Å². The predicted molar refractivity (Wildman–Crippen MR) is 96.5 cm³/mol. The van der Waals surface area contributed by atoms with Crippen molar-refractivity contribution >= 4 is 28.4 Å². The Morgan fingerprint density at radius 3 is 2.79 bits per heavy atom. The number of fused-ring (bicyclic) bond motifs is 1. The Morgan fingerprint density at radius 2 is 2.08 bits per heavy atom. The summed E-state index contributed by atoms with van der Waals surface area (Å²) in [4.78, 5) is 19.5. The molecule has 1 saturated carbocycles. The van der Waals surface area contributed by atoms with Crippen LogP contribution in [0.15, 0.2) is 24.3 Å². The standard InChI is InChI=1S/C19H23ClN2O2/c1-3-22(17-6-4-5-7-18(17)23)19(24)15-10-12(2)21-16-11-13(20)8-9-14(15)16/h8-11,17-18,23H,3-7H2,1-2H3/t17-,18-/m1/s1. The van der Waals surface area contributed by atoms with Crippen molar-refractivity contribution in [3.8, 4) is 0 Å². The molecule has 1 N–H and O–H groups in total.